The summed E-state index contributed by atoms with van der Waals surface area (Å²) in [6.45, 7) is 5.50. The van der Waals surface area contributed by atoms with Crippen molar-refractivity contribution in [1.29, 1.82) is 0 Å². The lowest BCUT2D eigenvalue weighted by Crippen LogP contribution is -2.51. The number of nitrogens with one attached hydrogen (secondary N) is 1. The highest BCUT2D eigenvalue weighted by Crippen LogP contribution is 2.23. The van der Waals surface area contributed by atoms with E-state index in [0.29, 0.717) is 11.5 Å². The van der Waals surface area contributed by atoms with Gasteiger partial charge in [0.1, 0.15) is 17.5 Å². The minimum absolute atomic E-state index is 0.398. The van der Waals surface area contributed by atoms with Crippen LogP contribution in [0, 0.1) is 5.41 Å². The van der Waals surface area contributed by atoms with Crippen molar-refractivity contribution < 1.29 is 19.1 Å². The summed E-state index contributed by atoms with van der Waals surface area (Å²) in [4.78, 5) is 23.5. The second-order valence-corrected chi connectivity index (χ2v) is 6.19. The Morgan fingerprint density at radius 1 is 1.13 bits per heavy atom. The Labute approximate surface area is 136 Å². The van der Waals surface area contributed by atoms with Crippen LogP contribution in [0.1, 0.15) is 26.3 Å². The van der Waals surface area contributed by atoms with E-state index in [9.17, 15) is 9.59 Å². The number of hydrogen-bond acceptors (Lipinski definition) is 4. The molecule has 126 valence electrons. The monoisotopic (exact) mass is 320 g/mol. The predicted octanol–water partition coefficient (Wildman–Crippen LogP) is 1.73. The van der Waals surface area contributed by atoms with Crippen LogP contribution in [0.5, 0.6) is 11.5 Å². The van der Waals surface area contributed by atoms with Crippen molar-refractivity contribution in [2.75, 3.05) is 14.2 Å². The highest BCUT2D eigenvalue weighted by atomic mass is 16.5. The van der Waals surface area contributed by atoms with Gasteiger partial charge >= 0.3 is 0 Å². The average Bonchev–Trinajstić information content (AvgIpc) is 2.48. The van der Waals surface area contributed by atoms with Crippen molar-refractivity contribution in [3.05, 3.63) is 29.8 Å². The van der Waals surface area contributed by atoms with Gasteiger partial charge in [0.15, 0.2) is 0 Å². The zero-order valence-electron chi connectivity index (χ0n) is 14.2. The third kappa shape index (κ3) is 5.65. The van der Waals surface area contributed by atoms with Crippen LogP contribution in [0.2, 0.25) is 0 Å². The molecule has 0 saturated heterocycles. The summed E-state index contributed by atoms with van der Waals surface area (Å²) in [7, 11) is 3.10. The lowest BCUT2D eigenvalue weighted by atomic mass is 9.86. The van der Waals surface area contributed by atoms with Gasteiger partial charge in [-0.2, -0.15) is 0 Å². The van der Waals surface area contributed by atoms with E-state index in [2.05, 4.69) is 5.32 Å². The molecule has 2 amide bonds. The largest absolute Gasteiger partial charge is 0.497 e. The third-order valence-electron chi connectivity index (χ3n) is 3.24. The molecule has 1 rings (SSSR count). The van der Waals surface area contributed by atoms with Gasteiger partial charge in [-0.15, -0.1) is 0 Å². The maximum atomic E-state index is 12.0. The molecule has 0 bridgehead atoms. The molecule has 0 radical (unpaired) electrons. The standard InChI is InChI=1S/C17H24N2O4/c1-17(2,3)15(16(18)21)19-14(20)7-6-11-8-12(22-4)10-13(9-11)23-5/h6-10,15H,1-5H3,(H2,18,21)(H,19,20)/b7-6+. The number of carbonyl (C=O) groups is 2. The van der Waals surface area contributed by atoms with Gasteiger partial charge in [-0.3, -0.25) is 9.59 Å². The zero-order valence-corrected chi connectivity index (χ0v) is 14.2. The van der Waals surface area contributed by atoms with Crippen LogP contribution < -0.4 is 20.5 Å². The Balaban J connectivity index is 2.88. The topological polar surface area (TPSA) is 90.6 Å². The molecule has 0 aliphatic rings. The van der Waals surface area contributed by atoms with E-state index in [1.54, 1.807) is 38.5 Å². The Hall–Kier alpha value is -2.50. The van der Waals surface area contributed by atoms with E-state index in [-0.39, 0.29) is 0 Å². The first kappa shape index (κ1) is 18.5. The number of amides is 2. The van der Waals surface area contributed by atoms with Gasteiger partial charge in [-0.25, -0.2) is 0 Å². The minimum Gasteiger partial charge on any atom is -0.497 e. The maximum Gasteiger partial charge on any atom is 0.244 e. The fourth-order valence-electron chi connectivity index (χ4n) is 2.00. The SMILES string of the molecule is COc1cc(/C=C/C(=O)NC(C(N)=O)C(C)(C)C)cc(OC)c1. The van der Waals surface area contributed by atoms with Crippen molar-refractivity contribution in [2.24, 2.45) is 11.1 Å². The van der Waals surface area contributed by atoms with E-state index < -0.39 is 23.3 Å². The van der Waals surface area contributed by atoms with Gasteiger partial charge in [-0.05, 0) is 29.2 Å². The van der Waals surface area contributed by atoms with Gasteiger partial charge < -0.3 is 20.5 Å². The number of rotatable bonds is 6. The van der Waals surface area contributed by atoms with Crippen LogP contribution in [-0.4, -0.2) is 32.1 Å². The number of hydrogen-bond donors (Lipinski definition) is 2. The molecule has 3 N–H and O–H groups in total. The quantitative estimate of drug-likeness (QED) is 0.781. The molecular formula is C17H24N2O4. The summed E-state index contributed by atoms with van der Waals surface area (Å²) in [5, 5.41) is 2.62. The van der Waals surface area contributed by atoms with E-state index in [0.717, 1.165) is 5.56 Å². The fourth-order valence-corrected chi connectivity index (χ4v) is 2.00. The van der Waals surface area contributed by atoms with Crippen molar-refractivity contribution in [2.45, 2.75) is 26.8 Å². The molecule has 23 heavy (non-hydrogen) atoms. The molecule has 0 aromatic heterocycles. The number of ether oxygens (including phenoxy) is 2. The van der Waals surface area contributed by atoms with Crippen LogP contribution in [0.15, 0.2) is 24.3 Å². The summed E-state index contributed by atoms with van der Waals surface area (Å²) in [5.41, 5.74) is 5.62. The molecule has 6 nitrogen and oxygen atoms in total. The van der Waals surface area contributed by atoms with Crippen molar-refractivity contribution in [3.63, 3.8) is 0 Å². The molecule has 1 aromatic carbocycles. The first-order chi connectivity index (χ1) is 10.7. The van der Waals surface area contributed by atoms with Crippen molar-refractivity contribution in [3.8, 4) is 11.5 Å². The molecule has 0 aliphatic carbocycles. The molecule has 0 aliphatic heterocycles. The number of primary amides is 1. The third-order valence-corrected chi connectivity index (χ3v) is 3.24. The molecule has 0 heterocycles. The molecular weight excluding hydrogens is 296 g/mol. The molecule has 6 heteroatoms. The first-order valence-corrected chi connectivity index (χ1v) is 7.18. The van der Waals surface area contributed by atoms with Crippen LogP contribution in [0.4, 0.5) is 0 Å². The second kappa shape index (κ2) is 7.67. The van der Waals surface area contributed by atoms with Crippen molar-refractivity contribution >= 4 is 17.9 Å². The molecule has 0 saturated carbocycles. The molecule has 1 aromatic rings. The molecule has 0 spiro atoms. The van der Waals surface area contributed by atoms with Gasteiger partial charge in [0, 0.05) is 12.1 Å². The van der Waals surface area contributed by atoms with Crippen LogP contribution in [0.3, 0.4) is 0 Å². The van der Waals surface area contributed by atoms with Crippen molar-refractivity contribution in [1.82, 2.24) is 5.32 Å². The average molecular weight is 320 g/mol. The van der Waals surface area contributed by atoms with E-state index in [1.807, 2.05) is 20.8 Å². The summed E-state index contributed by atoms with van der Waals surface area (Å²) >= 11 is 0. The minimum atomic E-state index is -0.750. The number of nitrogens with two attached hydrogens (primary N) is 1. The summed E-state index contributed by atoms with van der Waals surface area (Å²) in [6.07, 6.45) is 2.96. The predicted molar refractivity (Wildman–Crippen MR) is 89.2 cm³/mol. The van der Waals surface area contributed by atoms with Crippen LogP contribution >= 0.6 is 0 Å². The highest BCUT2D eigenvalue weighted by Gasteiger charge is 2.30. The van der Waals surface area contributed by atoms with E-state index >= 15 is 0 Å². The lowest BCUT2D eigenvalue weighted by Gasteiger charge is -2.28. The van der Waals surface area contributed by atoms with Crippen LogP contribution in [0.25, 0.3) is 6.08 Å². The maximum absolute atomic E-state index is 12.0. The summed E-state index contributed by atoms with van der Waals surface area (Å²) < 4.78 is 10.3. The summed E-state index contributed by atoms with van der Waals surface area (Å²) in [6, 6.07) is 4.52. The molecule has 1 unspecified atom stereocenters. The van der Waals surface area contributed by atoms with E-state index in [1.165, 1.54) is 6.08 Å². The second-order valence-electron chi connectivity index (χ2n) is 6.19. The van der Waals surface area contributed by atoms with Crippen LogP contribution in [-0.2, 0) is 9.59 Å². The van der Waals surface area contributed by atoms with E-state index in [4.69, 9.17) is 15.2 Å². The number of carbonyl (C=O) groups excluding carboxylic acids is 2. The molecule has 1 atom stereocenters. The Bertz CT molecular complexity index is 581. The highest BCUT2D eigenvalue weighted by molar-refractivity contribution is 5.95. The Morgan fingerprint density at radius 2 is 1.65 bits per heavy atom. The summed E-state index contributed by atoms with van der Waals surface area (Å²) in [5.74, 6) is 0.274. The van der Waals surface area contributed by atoms with Gasteiger partial charge in [0.25, 0.3) is 0 Å². The lowest BCUT2D eigenvalue weighted by molar-refractivity contribution is -0.127. The first-order valence-electron chi connectivity index (χ1n) is 7.18. The van der Waals surface area contributed by atoms with Gasteiger partial charge in [-0.1, -0.05) is 20.8 Å². The van der Waals surface area contributed by atoms with Gasteiger partial charge in [0.2, 0.25) is 11.8 Å². The fraction of sp³-hybridized carbons (Fsp3) is 0.412. The Kier molecular flexibility index (Phi) is 6.18. The smallest absolute Gasteiger partial charge is 0.244 e. The molecule has 0 fully saturated rings. The Morgan fingerprint density at radius 3 is 2.04 bits per heavy atom. The zero-order chi connectivity index (χ0) is 17.6. The number of methoxy groups -OCH3 is 2. The van der Waals surface area contributed by atoms with Gasteiger partial charge in [0.05, 0.1) is 14.2 Å². The number of benzene rings is 1. The normalized spacial score (nSPS) is 12.7.